The average Bonchev–Trinajstić information content (AvgIpc) is 1.82. The number of rotatable bonds is 2. The van der Waals surface area contributed by atoms with Gasteiger partial charge in [-0.2, -0.15) is 0 Å². The first kappa shape index (κ1) is 8.81. The van der Waals surface area contributed by atoms with Crippen LogP contribution in [0.25, 0.3) is 0 Å². The Hall–Kier alpha value is -1.19. The third-order valence-corrected chi connectivity index (χ3v) is 0.830. The minimum absolute atomic E-state index is 0.235. The number of hydrogen-bond acceptors (Lipinski definition) is 4. The minimum atomic E-state index is -0.493. The van der Waals surface area contributed by atoms with E-state index < -0.39 is 5.97 Å². The first-order chi connectivity index (χ1) is 4.54. The molecule has 4 heteroatoms. The third-order valence-electron chi connectivity index (χ3n) is 0.830. The Morgan fingerprint density at radius 1 is 1.40 bits per heavy atom. The molecule has 0 aliphatic heterocycles. The predicted molar refractivity (Wildman–Crippen MR) is 34.6 cm³/mol. The molecule has 0 saturated carbocycles. The normalized spacial score (nSPS) is 12.2. The number of allylic oxidation sites excluding steroid dienone is 1. The van der Waals surface area contributed by atoms with Crippen LogP contribution in [0, 0.1) is 0 Å². The van der Waals surface area contributed by atoms with Crippen molar-refractivity contribution in [1.82, 2.24) is 0 Å². The summed E-state index contributed by atoms with van der Waals surface area (Å²) in [6.07, 6.45) is 0. The second-order valence-electron chi connectivity index (χ2n) is 1.81. The molecule has 0 unspecified atom stereocenters. The van der Waals surface area contributed by atoms with E-state index >= 15 is 0 Å². The molecule has 0 bridgehead atoms. The number of ether oxygens (including phenoxy) is 1. The maximum Gasteiger partial charge on any atom is 0.303 e. The van der Waals surface area contributed by atoms with Crippen molar-refractivity contribution >= 4 is 5.97 Å². The molecule has 0 atom stereocenters. The summed E-state index contributed by atoms with van der Waals surface area (Å²) in [6, 6.07) is 0. The van der Waals surface area contributed by atoms with Crippen molar-refractivity contribution in [3.05, 3.63) is 11.5 Å². The Balaban J connectivity index is 3.71. The van der Waals surface area contributed by atoms with Crippen LogP contribution in [0.15, 0.2) is 11.5 Å². The summed E-state index contributed by atoms with van der Waals surface area (Å²) in [4.78, 5) is 10.1. The third kappa shape index (κ3) is 3.77. The Kier molecular flexibility index (Phi) is 3.32. The molecule has 0 saturated heterocycles. The Labute approximate surface area is 58.7 Å². The molecule has 0 heterocycles. The molecule has 0 radical (unpaired) electrons. The standard InChI is InChI=1S/C6H10O4/c1-4(7)6(9)3-10-5(2)8/h7,9H,3H2,1-2H3/b6-4-. The highest BCUT2D eigenvalue weighted by Crippen LogP contribution is 1.95. The van der Waals surface area contributed by atoms with Gasteiger partial charge in [-0.05, 0) is 6.92 Å². The quantitative estimate of drug-likeness (QED) is 0.448. The van der Waals surface area contributed by atoms with Crippen LogP contribution in [-0.4, -0.2) is 22.8 Å². The van der Waals surface area contributed by atoms with Crippen molar-refractivity contribution < 1.29 is 19.7 Å². The molecule has 4 nitrogen and oxygen atoms in total. The van der Waals surface area contributed by atoms with Gasteiger partial charge in [0.15, 0.2) is 12.4 Å². The van der Waals surface area contributed by atoms with Crippen LogP contribution >= 0.6 is 0 Å². The van der Waals surface area contributed by atoms with Crippen molar-refractivity contribution in [1.29, 1.82) is 0 Å². The van der Waals surface area contributed by atoms with Crippen LogP contribution in [-0.2, 0) is 9.53 Å². The fourth-order valence-corrected chi connectivity index (χ4v) is 0.274. The van der Waals surface area contributed by atoms with Gasteiger partial charge < -0.3 is 14.9 Å². The van der Waals surface area contributed by atoms with E-state index in [4.69, 9.17) is 10.2 Å². The van der Waals surface area contributed by atoms with Gasteiger partial charge >= 0.3 is 5.97 Å². The fourth-order valence-electron chi connectivity index (χ4n) is 0.274. The highest BCUT2D eigenvalue weighted by atomic mass is 16.5. The predicted octanol–water partition coefficient (Wildman–Crippen LogP) is 0.897. The molecule has 0 aromatic rings. The number of aliphatic hydroxyl groups excluding tert-OH is 2. The molecule has 58 valence electrons. The van der Waals surface area contributed by atoms with E-state index in [1.807, 2.05) is 0 Å². The largest absolute Gasteiger partial charge is 0.509 e. The second-order valence-corrected chi connectivity index (χ2v) is 1.81. The van der Waals surface area contributed by atoms with E-state index in [2.05, 4.69) is 4.74 Å². The molecule has 0 fully saturated rings. The number of carbonyl (C=O) groups is 1. The first-order valence-electron chi connectivity index (χ1n) is 2.75. The lowest BCUT2D eigenvalue weighted by Gasteiger charge is -2.00. The van der Waals surface area contributed by atoms with Crippen LogP contribution < -0.4 is 0 Å². The van der Waals surface area contributed by atoms with Gasteiger partial charge in [-0.25, -0.2) is 0 Å². The Morgan fingerprint density at radius 2 is 1.90 bits per heavy atom. The first-order valence-corrected chi connectivity index (χ1v) is 2.75. The molecule has 0 rings (SSSR count). The van der Waals surface area contributed by atoms with E-state index in [0.717, 1.165) is 0 Å². The summed E-state index contributed by atoms with van der Waals surface area (Å²) in [7, 11) is 0. The highest BCUT2D eigenvalue weighted by molar-refractivity contribution is 5.66. The van der Waals surface area contributed by atoms with Crippen molar-refractivity contribution in [2.45, 2.75) is 13.8 Å². The molecule has 0 aliphatic carbocycles. The van der Waals surface area contributed by atoms with Gasteiger partial charge in [-0.3, -0.25) is 4.79 Å². The Morgan fingerprint density at radius 3 is 2.20 bits per heavy atom. The molecule has 0 aromatic carbocycles. The number of hydrogen-bond donors (Lipinski definition) is 2. The number of esters is 1. The molecule has 0 amide bonds. The molecule has 0 aromatic heterocycles. The summed E-state index contributed by atoms with van der Waals surface area (Å²) in [5.74, 6) is -1.05. The molecular weight excluding hydrogens is 136 g/mol. The van der Waals surface area contributed by atoms with Gasteiger partial charge in [0.2, 0.25) is 0 Å². The SMILES string of the molecule is CC(=O)OC/C(O)=C(\C)O. The van der Waals surface area contributed by atoms with Crippen LogP contribution in [0.4, 0.5) is 0 Å². The van der Waals surface area contributed by atoms with Crippen molar-refractivity contribution in [3.8, 4) is 0 Å². The average molecular weight is 146 g/mol. The van der Waals surface area contributed by atoms with E-state index in [1.165, 1.54) is 13.8 Å². The smallest absolute Gasteiger partial charge is 0.303 e. The van der Waals surface area contributed by atoms with E-state index in [9.17, 15) is 4.79 Å². The van der Waals surface area contributed by atoms with Crippen LogP contribution in [0.1, 0.15) is 13.8 Å². The van der Waals surface area contributed by atoms with Crippen LogP contribution in [0.5, 0.6) is 0 Å². The van der Waals surface area contributed by atoms with Crippen molar-refractivity contribution in [2.24, 2.45) is 0 Å². The fraction of sp³-hybridized carbons (Fsp3) is 0.500. The second kappa shape index (κ2) is 3.76. The van der Waals surface area contributed by atoms with Crippen LogP contribution in [0.3, 0.4) is 0 Å². The van der Waals surface area contributed by atoms with Gasteiger partial charge in [-0.15, -0.1) is 0 Å². The van der Waals surface area contributed by atoms with Gasteiger partial charge in [0, 0.05) is 6.92 Å². The lowest BCUT2D eigenvalue weighted by Crippen LogP contribution is -2.04. The van der Waals surface area contributed by atoms with E-state index in [0.29, 0.717) is 0 Å². The van der Waals surface area contributed by atoms with Crippen molar-refractivity contribution in [2.75, 3.05) is 6.61 Å². The molecule has 2 N–H and O–H groups in total. The van der Waals surface area contributed by atoms with Crippen molar-refractivity contribution in [3.63, 3.8) is 0 Å². The molecule has 0 spiro atoms. The Bertz CT molecular complexity index is 155. The van der Waals surface area contributed by atoms with Gasteiger partial charge in [0.05, 0.1) is 0 Å². The number of aliphatic hydroxyl groups is 2. The lowest BCUT2D eigenvalue weighted by molar-refractivity contribution is -0.140. The highest BCUT2D eigenvalue weighted by Gasteiger charge is 1.99. The molecular formula is C6H10O4. The lowest BCUT2D eigenvalue weighted by atomic mass is 10.4. The van der Waals surface area contributed by atoms with E-state index in [1.54, 1.807) is 0 Å². The molecule has 10 heavy (non-hydrogen) atoms. The molecule has 0 aliphatic rings. The monoisotopic (exact) mass is 146 g/mol. The summed E-state index contributed by atoms with van der Waals surface area (Å²) >= 11 is 0. The summed E-state index contributed by atoms with van der Waals surface area (Å²) in [5.41, 5.74) is 0. The zero-order valence-corrected chi connectivity index (χ0v) is 5.92. The summed E-state index contributed by atoms with van der Waals surface area (Å²) in [6.45, 7) is 2.26. The van der Waals surface area contributed by atoms with Crippen LogP contribution in [0.2, 0.25) is 0 Å². The summed E-state index contributed by atoms with van der Waals surface area (Å²) in [5, 5.41) is 17.3. The van der Waals surface area contributed by atoms with Gasteiger partial charge in [0.1, 0.15) is 5.76 Å². The zero-order chi connectivity index (χ0) is 8.15. The van der Waals surface area contributed by atoms with E-state index in [-0.39, 0.29) is 18.1 Å². The van der Waals surface area contributed by atoms with Gasteiger partial charge in [-0.1, -0.05) is 0 Å². The zero-order valence-electron chi connectivity index (χ0n) is 5.92. The topological polar surface area (TPSA) is 66.8 Å². The summed E-state index contributed by atoms with van der Waals surface area (Å²) < 4.78 is 4.36. The maximum absolute atomic E-state index is 10.1. The number of carbonyl (C=O) groups excluding carboxylic acids is 1. The minimum Gasteiger partial charge on any atom is -0.509 e. The van der Waals surface area contributed by atoms with Gasteiger partial charge in [0.25, 0.3) is 0 Å². The maximum atomic E-state index is 10.1.